The van der Waals surface area contributed by atoms with Crippen molar-refractivity contribution >= 4 is 39.6 Å². The summed E-state index contributed by atoms with van der Waals surface area (Å²) in [6.45, 7) is 13.2. The van der Waals surface area contributed by atoms with E-state index in [1.54, 1.807) is 0 Å². The van der Waals surface area contributed by atoms with E-state index in [4.69, 9.17) is 10.7 Å². The zero-order valence-electron chi connectivity index (χ0n) is 29.7. The third-order valence-electron chi connectivity index (χ3n) is 9.32. The third-order valence-corrected chi connectivity index (χ3v) is 9.32. The number of carbonyl (C=O) groups excluding carboxylic acids is 1. The number of nitrogens with one attached hydrogen (secondary N) is 2. The van der Waals surface area contributed by atoms with Crippen LogP contribution in [-0.2, 0) is 17.8 Å². The summed E-state index contributed by atoms with van der Waals surface area (Å²) in [6.07, 6.45) is 7.80. The van der Waals surface area contributed by atoms with Crippen molar-refractivity contribution in [3.63, 3.8) is 0 Å². The van der Waals surface area contributed by atoms with Gasteiger partial charge in [-0.1, -0.05) is 45.0 Å². The molecule has 254 valence electrons. The van der Waals surface area contributed by atoms with Crippen LogP contribution in [0.1, 0.15) is 76.5 Å². The molecule has 1 atom stereocenters. The first-order valence-electron chi connectivity index (χ1n) is 17.1. The molecule has 0 aliphatic carbocycles. The number of para-hydroxylation sites is 1. The molecule has 1 aliphatic rings. The van der Waals surface area contributed by atoms with Gasteiger partial charge in [-0.05, 0) is 88.4 Å². The van der Waals surface area contributed by atoms with Crippen LogP contribution < -0.4 is 21.3 Å². The monoisotopic (exact) mass is 641 g/mol. The molecule has 1 aliphatic heterocycles. The fourth-order valence-corrected chi connectivity index (χ4v) is 6.14. The number of benzene rings is 2. The number of nitrogens with two attached hydrogens (primary N) is 1. The van der Waals surface area contributed by atoms with Gasteiger partial charge in [0.2, 0.25) is 0 Å². The van der Waals surface area contributed by atoms with Crippen molar-refractivity contribution in [1.82, 2.24) is 14.8 Å². The fourth-order valence-electron chi connectivity index (χ4n) is 6.14. The Morgan fingerprint density at radius 3 is 2.62 bits per heavy atom. The molecule has 9 nitrogen and oxygen atoms in total. The summed E-state index contributed by atoms with van der Waals surface area (Å²) in [5.74, 6) is 0.705. The zero-order valence-corrected chi connectivity index (χ0v) is 29.7. The predicted octanol–water partition coefficient (Wildman–Crippen LogP) is 6.28. The van der Waals surface area contributed by atoms with Gasteiger partial charge in [0.25, 0.3) is 5.91 Å². The molecule has 0 saturated carbocycles. The van der Waals surface area contributed by atoms with Gasteiger partial charge < -0.3 is 35.8 Å². The van der Waals surface area contributed by atoms with E-state index in [0.717, 1.165) is 73.2 Å². The molecule has 0 saturated heterocycles. The number of hydrogen-bond donors (Lipinski definition) is 4. The van der Waals surface area contributed by atoms with Crippen LogP contribution >= 0.6 is 0 Å². The van der Waals surface area contributed by atoms with Gasteiger partial charge in [0, 0.05) is 56.1 Å². The Morgan fingerprint density at radius 2 is 1.96 bits per heavy atom. The Labute approximate surface area is 281 Å². The number of anilines is 3. The van der Waals surface area contributed by atoms with Crippen molar-refractivity contribution < 1.29 is 9.90 Å². The first-order chi connectivity index (χ1) is 22.5. The Kier molecular flexibility index (Phi) is 12.3. The molecule has 1 unspecified atom stereocenters. The highest BCUT2D eigenvalue weighted by Gasteiger charge is 2.25. The highest BCUT2D eigenvalue weighted by molar-refractivity contribution is 6.31. The van der Waals surface area contributed by atoms with Crippen LogP contribution in [0.4, 0.5) is 17.1 Å². The van der Waals surface area contributed by atoms with Gasteiger partial charge in [-0.2, -0.15) is 0 Å². The fraction of sp³-hybridized carbons (Fsp3) is 0.474. The molecule has 0 spiro atoms. The quantitative estimate of drug-likeness (QED) is 0.0884. The van der Waals surface area contributed by atoms with Crippen molar-refractivity contribution in [2.75, 3.05) is 63.3 Å². The zero-order chi connectivity index (χ0) is 34.2. The molecule has 0 radical (unpaired) electrons. The SMILES string of the molecule is C\C=C(C(=O)NCCO)/C(=N\C(Nc1cc(N)c(N(C)CCN(C)C)cc1C(C)CC)=C(/C)CC)c1cn2c3c(cccc13)CCC2. The highest BCUT2D eigenvalue weighted by atomic mass is 16.3. The third kappa shape index (κ3) is 8.08. The number of aliphatic hydroxyl groups is 1. The molecular weight excluding hydrogens is 586 g/mol. The number of amides is 1. The number of aryl methyl sites for hydroxylation is 2. The Bertz CT molecular complexity index is 1660. The number of aliphatic imine (C=N–C) groups is 1. The number of aliphatic hydroxyl groups excluding tert-OH is 1. The lowest BCUT2D eigenvalue weighted by molar-refractivity contribution is -0.117. The largest absolute Gasteiger partial charge is 0.397 e. The van der Waals surface area contributed by atoms with Gasteiger partial charge in [0.1, 0.15) is 5.82 Å². The summed E-state index contributed by atoms with van der Waals surface area (Å²) in [4.78, 5) is 23.3. The van der Waals surface area contributed by atoms with E-state index in [1.807, 2.05) is 19.1 Å². The van der Waals surface area contributed by atoms with E-state index >= 15 is 0 Å². The Hall–Kier alpha value is -4.08. The Morgan fingerprint density at radius 1 is 1.19 bits per heavy atom. The molecule has 1 aromatic heterocycles. The summed E-state index contributed by atoms with van der Waals surface area (Å²) in [6, 6.07) is 10.7. The predicted molar refractivity (Wildman–Crippen MR) is 199 cm³/mol. The second kappa shape index (κ2) is 16.2. The minimum Gasteiger partial charge on any atom is -0.397 e. The van der Waals surface area contributed by atoms with Gasteiger partial charge in [0.15, 0.2) is 0 Å². The molecule has 47 heavy (non-hydrogen) atoms. The molecule has 0 fully saturated rings. The lowest BCUT2D eigenvalue weighted by Gasteiger charge is -2.27. The van der Waals surface area contributed by atoms with E-state index in [1.165, 1.54) is 16.6 Å². The van der Waals surface area contributed by atoms with E-state index < -0.39 is 0 Å². The smallest absolute Gasteiger partial charge is 0.253 e. The maximum Gasteiger partial charge on any atom is 0.253 e. The van der Waals surface area contributed by atoms with Crippen molar-refractivity contribution in [1.29, 1.82) is 0 Å². The van der Waals surface area contributed by atoms with Crippen LogP contribution in [0.5, 0.6) is 0 Å². The van der Waals surface area contributed by atoms with Crippen LogP contribution in [0.2, 0.25) is 0 Å². The number of nitrogen functional groups attached to an aromatic ring is 1. The molecule has 5 N–H and O–H groups in total. The van der Waals surface area contributed by atoms with Crippen LogP contribution in [0.15, 0.2) is 64.6 Å². The summed E-state index contributed by atoms with van der Waals surface area (Å²) in [5, 5.41) is 17.1. The summed E-state index contributed by atoms with van der Waals surface area (Å²) >= 11 is 0. The summed E-state index contributed by atoms with van der Waals surface area (Å²) in [7, 11) is 6.24. The van der Waals surface area contributed by atoms with Crippen LogP contribution in [0.3, 0.4) is 0 Å². The van der Waals surface area contributed by atoms with Crippen LogP contribution in [0.25, 0.3) is 10.9 Å². The number of aromatic nitrogens is 1. The van der Waals surface area contributed by atoms with Gasteiger partial charge in [-0.3, -0.25) is 4.79 Å². The van der Waals surface area contributed by atoms with E-state index in [9.17, 15) is 9.90 Å². The lowest BCUT2D eigenvalue weighted by atomic mass is 9.95. The summed E-state index contributed by atoms with van der Waals surface area (Å²) < 4.78 is 2.30. The van der Waals surface area contributed by atoms with Gasteiger partial charge in [-0.15, -0.1) is 0 Å². The van der Waals surface area contributed by atoms with Gasteiger partial charge in [-0.25, -0.2) is 4.99 Å². The lowest BCUT2D eigenvalue weighted by Crippen LogP contribution is -2.31. The standard InChI is InChI=1S/C38H55N7O2/c1-9-25(4)30-22-34(44(8)20-19-43(6)7)32(39)23-33(30)41-37(26(5)10-2)42-35(28(11-3)38(47)40-17-21-46)31-24-45-18-13-15-27-14-12-16-29(31)36(27)45/h11-12,14,16,22-25,41,46H,9-10,13,15,17-21,39H2,1-8H3,(H,40,47)/b28-11+,37-26+,42-35+. The minimum absolute atomic E-state index is 0.139. The average molecular weight is 642 g/mol. The second-order valence-electron chi connectivity index (χ2n) is 12.9. The molecule has 2 heterocycles. The number of allylic oxidation sites excluding steroid dienone is 2. The van der Waals surface area contributed by atoms with E-state index in [2.05, 4.69) is 104 Å². The molecule has 2 aromatic carbocycles. The molecule has 0 bridgehead atoms. The molecule has 3 aromatic rings. The van der Waals surface area contributed by atoms with Crippen molar-refractivity contribution in [3.8, 4) is 0 Å². The van der Waals surface area contributed by atoms with Crippen LogP contribution in [-0.4, -0.2) is 73.6 Å². The number of rotatable bonds is 15. The minimum atomic E-state index is -0.268. The Balaban J connectivity index is 1.90. The van der Waals surface area contributed by atoms with Crippen molar-refractivity contribution in [2.24, 2.45) is 4.99 Å². The van der Waals surface area contributed by atoms with Crippen LogP contribution in [0, 0.1) is 0 Å². The van der Waals surface area contributed by atoms with E-state index in [-0.39, 0.29) is 25.0 Å². The number of carbonyl (C=O) groups is 1. The maximum absolute atomic E-state index is 13.6. The molecule has 4 rings (SSSR count). The maximum atomic E-state index is 13.6. The van der Waals surface area contributed by atoms with E-state index in [0.29, 0.717) is 22.8 Å². The summed E-state index contributed by atoms with van der Waals surface area (Å²) in [5.41, 5.74) is 16.1. The first-order valence-corrected chi connectivity index (χ1v) is 17.1. The first kappa shape index (κ1) is 35.8. The number of hydrogen-bond acceptors (Lipinski definition) is 7. The topological polar surface area (TPSA) is 111 Å². The number of likely N-dealkylation sites (N-methyl/N-ethyl adjacent to an activating group) is 2. The van der Waals surface area contributed by atoms with Crippen molar-refractivity contribution in [2.45, 2.75) is 72.8 Å². The molecule has 9 heteroatoms. The average Bonchev–Trinajstić information content (AvgIpc) is 3.44. The molecule has 1 amide bonds. The second-order valence-corrected chi connectivity index (χ2v) is 12.9. The number of nitrogens with zero attached hydrogens (tertiary/aromatic N) is 4. The highest BCUT2D eigenvalue weighted by Crippen LogP contribution is 2.37. The molecular formula is C38H55N7O2. The normalized spacial score (nSPS) is 14.8. The van der Waals surface area contributed by atoms with Gasteiger partial charge >= 0.3 is 0 Å². The van der Waals surface area contributed by atoms with Crippen molar-refractivity contribution in [3.05, 3.63) is 76.3 Å². The van der Waals surface area contributed by atoms with Gasteiger partial charge in [0.05, 0.1) is 34.8 Å².